The van der Waals surface area contributed by atoms with Gasteiger partial charge in [-0.1, -0.05) is 30.3 Å². The van der Waals surface area contributed by atoms with Crippen molar-refractivity contribution in [3.8, 4) is 17.1 Å². The zero-order valence-corrected chi connectivity index (χ0v) is 16.0. The highest BCUT2D eigenvalue weighted by Crippen LogP contribution is 2.31. The van der Waals surface area contributed by atoms with E-state index in [1.165, 1.54) is 5.69 Å². The minimum absolute atomic E-state index is 0.658. The smallest absolute Gasteiger partial charge is 0.167 e. The van der Waals surface area contributed by atoms with Gasteiger partial charge in [-0.25, -0.2) is 0 Å². The Morgan fingerprint density at radius 1 is 0.821 bits per heavy atom. The summed E-state index contributed by atoms with van der Waals surface area (Å²) in [6.07, 6.45) is 0.917. The third-order valence-corrected chi connectivity index (χ3v) is 5.67. The van der Waals surface area contributed by atoms with E-state index in [4.69, 9.17) is 4.74 Å². The quantitative estimate of drug-likeness (QED) is 0.702. The number of ether oxygens (including phenoxy) is 1. The summed E-state index contributed by atoms with van der Waals surface area (Å²) in [6, 6.07) is 18.8. The number of fused-ring (bicyclic) bond motifs is 3. The van der Waals surface area contributed by atoms with E-state index in [2.05, 4.69) is 61.0 Å². The Kier molecular flexibility index (Phi) is 4.71. The predicted molar refractivity (Wildman–Crippen MR) is 110 cm³/mol. The molecule has 1 aromatic heterocycles. The lowest BCUT2D eigenvalue weighted by Gasteiger charge is -2.36. The van der Waals surface area contributed by atoms with E-state index in [9.17, 15) is 0 Å². The molecule has 2 aliphatic rings. The highest BCUT2D eigenvalue weighted by molar-refractivity contribution is 5.64. The minimum atomic E-state index is 0.658. The molecule has 6 nitrogen and oxygen atoms in total. The van der Waals surface area contributed by atoms with Crippen LogP contribution in [0.25, 0.3) is 11.4 Å². The van der Waals surface area contributed by atoms with E-state index < -0.39 is 0 Å². The molecule has 28 heavy (non-hydrogen) atoms. The highest BCUT2D eigenvalue weighted by atomic mass is 16.5. The van der Waals surface area contributed by atoms with Crippen LogP contribution in [0.4, 0.5) is 5.69 Å². The number of hydrogen-bond acceptors (Lipinski definition) is 5. The maximum atomic E-state index is 5.89. The molecule has 0 N–H and O–H groups in total. The highest BCUT2D eigenvalue weighted by Gasteiger charge is 2.22. The van der Waals surface area contributed by atoms with E-state index in [-0.39, 0.29) is 0 Å². The van der Waals surface area contributed by atoms with Gasteiger partial charge in [0.25, 0.3) is 0 Å². The normalized spacial score (nSPS) is 16.8. The van der Waals surface area contributed by atoms with E-state index in [0.717, 1.165) is 68.7 Å². The van der Waals surface area contributed by atoms with Gasteiger partial charge in [0.15, 0.2) is 5.82 Å². The molecule has 0 aliphatic carbocycles. The van der Waals surface area contributed by atoms with Crippen molar-refractivity contribution in [1.82, 2.24) is 19.7 Å². The number of anilines is 1. The van der Waals surface area contributed by atoms with Gasteiger partial charge in [0, 0.05) is 44.8 Å². The number of hydrogen-bond donors (Lipinski definition) is 0. The number of benzene rings is 2. The van der Waals surface area contributed by atoms with Gasteiger partial charge in [-0.15, -0.1) is 10.2 Å². The van der Waals surface area contributed by atoms with Gasteiger partial charge in [0.2, 0.25) is 0 Å². The third kappa shape index (κ3) is 3.36. The maximum absolute atomic E-state index is 5.89. The molecule has 0 amide bonds. The molecule has 1 fully saturated rings. The van der Waals surface area contributed by atoms with Crippen LogP contribution in [0.5, 0.6) is 5.75 Å². The average molecular weight is 375 g/mol. The maximum Gasteiger partial charge on any atom is 0.167 e. The molecule has 6 heteroatoms. The van der Waals surface area contributed by atoms with E-state index in [0.29, 0.717) is 6.61 Å². The van der Waals surface area contributed by atoms with Crippen LogP contribution in [0, 0.1) is 0 Å². The monoisotopic (exact) mass is 375 g/mol. The molecule has 0 spiro atoms. The molecule has 3 heterocycles. The molecular formula is C22H25N5O. The molecule has 0 bridgehead atoms. The summed E-state index contributed by atoms with van der Waals surface area (Å²) in [6.45, 7) is 6.79. The van der Waals surface area contributed by atoms with Crippen molar-refractivity contribution >= 4 is 5.69 Å². The summed E-state index contributed by atoms with van der Waals surface area (Å²) >= 11 is 0. The van der Waals surface area contributed by atoms with Gasteiger partial charge in [0.1, 0.15) is 18.2 Å². The lowest BCUT2D eigenvalue weighted by Crippen LogP contribution is -2.47. The van der Waals surface area contributed by atoms with E-state index >= 15 is 0 Å². The predicted octanol–water partition coefficient (Wildman–Crippen LogP) is 2.70. The van der Waals surface area contributed by atoms with Crippen molar-refractivity contribution in [3.63, 3.8) is 0 Å². The topological polar surface area (TPSA) is 46.4 Å². The lowest BCUT2D eigenvalue weighted by molar-refractivity contribution is 0.257. The first-order chi connectivity index (χ1) is 13.9. The van der Waals surface area contributed by atoms with Crippen molar-refractivity contribution in [3.05, 3.63) is 60.4 Å². The summed E-state index contributed by atoms with van der Waals surface area (Å²) in [5.74, 6) is 2.88. The molecule has 2 aromatic carbocycles. The van der Waals surface area contributed by atoms with Gasteiger partial charge in [-0.3, -0.25) is 4.90 Å². The first-order valence-electron chi connectivity index (χ1n) is 10.0. The fraction of sp³-hybridized carbons (Fsp3) is 0.364. The van der Waals surface area contributed by atoms with E-state index in [1.54, 1.807) is 0 Å². The Morgan fingerprint density at radius 3 is 2.46 bits per heavy atom. The van der Waals surface area contributed by atoms with Crippen LogP contribution in [0.3, 0.4) is 0 Å². The van der Waals surface area contributed by atoms with Crippen LogP contribution in [0.1, 0.15) is 5.82 Å². The standard InChI is InChI=1S/C22H25N5O/c1-2-6-18(7-3-1)26-14-12-25(13-15-26)11-10-21-23-24-22-19-8-4-5-9-20(19)28-17-16-27(21)22/h1-9H,10-17H2. The molecule has 144 valence electrons. The van der Waals surface area contributed by atoms with Crippen molar-refractivity contribution in [1.29, 1.82) is 0 Å². The molecular weight excluding hydrogens is 350 g/mol. The van der Waals surface area contributed by atoms with Crippen LogP contribution in [-0.4, -0.2) is 59.0 Å². The number of aromatic nitrogens is 3. The summed E-state index contributed by atoms with van der Waals surface area (Å²) in [4.78, 5) is 5.00. The van der Waals surface area contributed by atoms with Crippen molar-refractivity contribution in [2.75, 3.05) is 44.2 Å². The Bertz CT molecular complexity index is 931. The number of rotatable bonds is 4. The summed E-state index contributed by atoms with van der Waals surface area (Å²) in [7, 11) is 0. The number of para-hydroxylation sites is 2. The molecule has 0 unspecified atom stereocenters. The minimum Gasteiger partial charge on any atom is -0.491 e. The van der Waals surface area contributed by atoms with Gasteiger partial charge in [-0.05, 0) is 24.3 Å². The fourth-order valence-corrected chi connectivity index (χ4v) is 4.11. The second kappa shape index (κ2) is 7.64. The van der Waals surface area contributed by atoms with Crippen LogP contribution in [0.2, 0.25) is 0 Å². The van der Waals surface area contributed by atoms with Crippen LogP contribution >= 0.6 is 0 Å². The molecule has 0 radical (unpaired) electrons. The van der Waals surface area contributed by atoms with Gasteiger partial charge in [0.05, 0.1) is 12.1 Å². The summed E-state index contributed by atoms with van der Waals surface area (Å²) < 4.78 is 8.12. The van der Waals surface area contributed by atoms with Crippen LogP contribution in [-0.2, 0) is 13.0 Å². The van der Waals surface area contributed by atoms with Crippen molar-refractivity contribution < 1.29 is 4.74 Å². The molecule has 2 aliphatic heterocycles. The Morgan fingerprint density at radius 2 is 1.61 bits per heavy atom. The SMILES string of the molecule is c1ccc(N2CCN(CCc3nnc4n3CCOc3ccccc3-4)CC2)cc1. The first-order valence-corrected chi connectivity index (χ1v) is 10.0. The molecule has 0 saturated carbocycles. The van der Waals surface area contributed by atoms with Gasteiger partial charge < -0.3 is 14.2 Å². The Balaban J connectivity index is 1.23. The Hall–Kier alpha value is -2.86. The van der Waals surface area contributed by atoms with Crippen LogP contribution < -0.4 is 9.64 Å². The van der Waals surface area contributed by atoms with Gasteiger partial charge in [-0.2, -0.15) is 0 Å². The van der Waals surface area contributed by atoms with Crippen molar-refractivity contribution in [2.45, 2.75) is 13.0 Å². The summed E-state index contributed by atoms with van der Waals surface area (Å²) in [5, 5.41) is 8.99. The lowest BCUT2D eigenvalue weighted by atomic mass is 10.2. The fourth-order valence-electron chi connectivity index (χ4n) is 4.11. The summed E-state index contributed by atoms with van der Waals surface area (Å²) in [5.41, 5.74) is 2.36. The molecule has 0 atom stereocenters. The van der Waals surface area contributed by atoms with E-state index in [1.807, 2.05) is 18.2 Å². The second-order valence-corrected chi connectivity index (χ2v) is 7.35. The molecule has 5 rings (SSSR count). The number of nitrogens with zero attached hydrogens (tertiary/aromatic N) is 5. The Labute approximate surface area is 165 Å². The second-order valence-electron chi connectivity index (χ2n) is 7.35. The average Bonchev–Trinajstić information content (AvgIpc) is 3.06. The van der Waals surface area contributed by atoms with Crippen molar-refractivity contribution in [2.24, 2.45) is 0 Å². The third-order valence-electron chi connectivity index (χ3n) is 5.67. The van der Waals surface area contributed by atoms with Crippen LogP contribution in [0.15, 0.2) is 54.6 Å². The first kappa shape index (κ1) is 17.3. The zero-order chi connectivity index (χ0) is 18.8. The molecule has 3 aromatic rings. The molecule has 1 saturated heterocycles. The largest absolute Gasteiger partial charge is 0.491 e. The zero-order valence-electron chi connectivity index (χ0n) is 16.0. The van der Waals surface area contributed by atoms with Gasteiger partial charge >= 0.3 is 0 Å². The number of piperazine rings is 1.